The number of methoxy groups -OCH3 is 1. The van der Waals surface area contributed by atoms with Crippen molar-refractivity contribution in [1.29, 1.82) is 0 Å². The third kappa shape index (κ3) is 4.70. The first-order valence-electron chi connectivity index (χ1n) is 8.09. The molecule has 30 heavy (non-hydrogen) atoms. The number of nitrogens with zero attached hydrogens (tertiary/aromatic N) is 3. The molecule has 0 bridgehead atoms. The number of benzene rings is 2. The van der Waals surface area contributed by atoms with Crippen LogP contribution < -0.4 is 20.1 Å². The van der Waals surface area contributed by atoms with Gasteiger partial charge in [0.2, 0.25) is 11.5 Å². The van der Waals surface area contributed by atoms with Crippen molar-refractivity contribution in [2.75, 3.05) is 12.8 Å². The Morgan fingerprint density at radius 1 is 1.20 bits per heavy atom. The maximum Gasteiger partial charge on any atom is 0.339 e. The molecule has 0 saturated heterocycles. The zero-order chi connectivity index (χ0) is 21.7. The van der Waals surface area contributed by atoms with Gasteiger partial charge >= 0.3 is 10.1 Å². The molecule has 2 aromatic carbocycles. The number of hydrogen-bond acceptors (Lipinski definition) is 10. The minimum Gasteiger partial charge on any atom is -0.493 e. The molecule has 1 heterocycles. The third-order valence-electron chi connectivity index (χ3n) is 3.60. The highest BCUT2D eigenvalue weighted by Gasteiger charge is 2.19. The number of nitrogen functional groups attached to an aromatic ring is 1. The number of nitrogens with one attached hydrogen (secondary N) is 1. The van der Waals surface area contributed by atoms with Crippen LogP contribution in [0, 0.1) is 5.82 Å². The van der Waals surface area contributed by atoms with Gasteiger partial charge in [0, 0.05) is 0 Å². The van der Waals surface area contributed by atoms with E-state index in [-0.39, 0.29) is 27.9 Å². The summed E-state index contributed by atoms with van der Waals surface area (Å²) in [5.74, 6) is -1.51. The van der Waals surface area contributed by atoms with Gasteiger partial charge in [0.1, 0.15) is 10.7 Å². The van der Waals surface area contributed by atoms with E-state index >= 15 is 0 Å². The number of halogens is 1. The molecule has 3 aromatic rings. The number of carbonyl (C=O) groups is 1. The fourth-order valence-corrected chi connectivity index (χ4v) is 3.11. The van der Waals surface area contributed by atoms with Crippen molar-refractivity contribution < 1.29 is 31.2 Å². The number of hydrogen-bond donors (Lipinski definition) is 2. The summed E-state index contributed by atoms with van der Waals surface area (Å²) >= 11 is 0. The molecule has 3 rings (SSSR count). The van der Waals surface area contributed by atoms with Crippen LogP contribution in [0.25, 0.3) is 0 Å². The summed E-state index contributed by atoms with van der Waals surface area (Å²) < 4.78 is 52.2. The van der Waals surface area contributed by atoms with Crippen molar-refractivity contribution in [2.24, 2.45) is 5.10 Å². The molecule has 0 saturated carbocycles. The first-order chi connectivity index (χ1) is 14.3. The third-order valence-corrected chi connectivity index (χ3v) is 4.85. The number of hydrazone groups is 1. The fraction of sp³-hybridized carbons (Fsp3) is 0.0588. The normalized spacial score (nSPS) is 11.4. The van der Waals surface area contributed by atoms with Gasteiger partial charge in [-0.05, 0) is 58.3 Å². The number of carbonyl (C=O) groups excluding carboxylic acids is 1. The standard InChI is InChI=1S/C17H14FN5O6S/c1-27-14-8-10(9-20-21-17(24)15-16(19)23-29-22-15)2-7-13(14)28-30(25,26)12-5-3-11(18)4-6-12/h2-9H,1H3,(H2,19,23)(H,21,24). The molecule has 0 aliphatic heterocycles. The summed E-state index contributed by atoms with van der Waals surface area (Å²) in [5.41, 5.74) is 7.81. The molecule has 3 N–H and O–H groups in total. The van der Waals surface area contributed by atoms with Crippen LogP contribution in [-0.2, 0) is 10.1 Å². The van der Waals surface area contributed by atoms with E-state index in [2.05, 4.69) is 25.5 Å². The van der Waals surface area contributed by atoms with Gasteiger partial charge < -0.3 is 14.7 Å². The number of aromatic nitrogens is 2. The van der Waals surface area contributed by atoms with Crippen LogP contribution in [0.5, 0.6) is 11.5 Å². The molecule has 0 radical (unpaired) electrons. The van der Waals surface area contributed by atoms with E-state index in [9.17, 15) is 17.6 Å². The van der Waals surface area contributed by atoms with Crippen molar-refractivity contribution in [3.05, 3.63) is 59.5 Å². The summed E-state index contributed by atoms with van der Waals surface area (Å²) in [5, 5.41) is 10.3. The topological polar surface area (TPSA) is 159 Å². The zero-order valence-electron chi connectivity index (χ0n) is 15.3. The summed E-state index contributed by atoms with van der Waals surface area (Å²) in [6.07, 6.45) is 1.27. The van der Waals surface area contributed by atoms with Crippen molar-refractivity contribution in [3.8, 4) is 11.5 Å². The molecule has 0 unspecified atom stereocenters. The van der Waals surface area contributed by atoms with E-state index in [0.717, 1.165) is 24.3 Å². The lowest BCUT2D eigenvalue weighted by Gasteiger charge is -2.11. The predicted octanol–water partition coefficient (Wildman–Crippen LogP) is 1.33. The first kappa shape index (κ1) is 20.7. The van der Waals surface area contributed by atoms with Gasteiger partial charge in [-0.2, -0.15) is 13.5 Å². The Kier molecular flexibility index (Phi) is 5.92. The minimum absolute atomic E-state index is 0.0842. The van der Waals surface area contributed by atoms with Gasteiger partial charge in [-0.1, -0.05) is 0 Å². The molecule has 1 amide bonds. The molecule has 0 fully saturated rings. The first-order valence-corrected chi connectivity index (χ1v) is 9.50. The van der Waals surface area contributed by atoms with Crippen LogP contribution in [0.3, 0.4) is 0 Å². The van der Waals surface area contributed by atoms with Crippen LogP contribution in [0.4, 0.5) is 10.2 Å². The van der Waals surface area contributed by atoms with Crippen LogP contribution in [0.2, 0.25) is 0 Å². The Morgan fingerprint density at radius 2 is 1.93 bits per heavy atom. The Labute approximate surface area is 169 Å². The van der Waals surface area contributed by atoms with Crippen LogP contribution in [0.15, 0.2) is 57.1 Å². The summed E-state index contributed by atoms with van der Waals surface area (Å²) in [6, 6.07) is 8.41. The molecule has 13 heteroatoms. The van der Waals surface area contributed by atoms with Gasteiger partial charge in [-0.15, -0.1) is 0 Å². The van der Waals surface area contributed by atoms with Crippen molar-refractivity contribution >= 4 is 28.1 Å². The quantitative estimate of drug-likeness (QED) is 0.317. The second kappa shape index (κ2) is 8.57. The lowest BCUT2D eigenvalue weighted by molar-refractivity contribution is 0.0946. The number of nitrogens with two attached hydrogens (primary N) is 1. The highest BCUT2D eigenvalue weighted by atomic mass is 32.2. The van der Waals surface area contributed by atoms with Crippen LogP contribution in [-0.4, -0.2) is 38.0 Å². The molecule has 0 spiro atoms. The van der Waals surface area contributed by atoms with E-state index < -0.39 is 21.8 Å². The zero-order valence-corrected chi connectivity index (χ0v) is 16.1. The predicted molar refractivity (Wildman–Crippen MR) is 101 cm³/mol. The maximum absolute atomic E-state index is 13.0. The van der Waals surface area contributed by atoms with E-state index in [1.807, 2.05) is 0 Å². The molecule has 0 atom stereocenters. The molecular weight excluding hydrogens is 421 g/mol. The summed E-state index contributed by atoms with van der Waals surface area (Å²) in [6.45, 7) is 0. The van der Waals surface area contributed by atoms with E-state index in [1.54, 1.807) is 0 Å². The average Bonchev–Trinajstić information content (AvgIpc) is 3.15. The van der Waals surface area contributed by atoms with Gasteiger partial charge in [0.25, 0.3) is 5.91 Å². The summed E-state index contributed by atoms with van der Waals surface area (Å²) in [4.78, 5) is 11.6. The Bertz CT molecular complexity index is 1190. The fourth-order valence-electron chi connectivity index (χ4n) is 2.17. The average molecular weight is 435 g/mol. The Balaban J connectivity index is 1.74. The number of anilines is 1. The smallest absolute Gasteiger partial charge is 0.339 e. The minimum atomic E-state index is -4.20. The highest BCUT2D eigenvalue weighted by Crippen LogP contribution is 2.30. The summed E-state index contributed by atoms with van der Waals surface area (Å²) in [7, 11) is -2.89. The van der Waals surface area contributed by atoms with Gasteiger partial charge in [-0.3, -0.25) is 4.79 Å². The molecule has 1 aromatic heterocycles. The Hall–Kier alpha value is -4.00. The van der Waals surface area contributed by atoms with Crippen LogP contribution >= 0.6 is 0 Å². The van der Waals surface area contributed by atoms with E-state index in [1.165, 1.54) is 31.5 Å². The molecule has 11 nitrogen and oxygen atoms in total. The van der Waals surface area contributed by atoms with Crippen molar-refractivity contribution in [2.45, 2.75) is 4.90 Å². The number of ether oxygens (including phenoxy) is 1. The van der Waals surface area contributed by atoms with Gasteiger partial charge in [0.15, 0.2) is 11.5 Å². The second-order valence-corrected chi connectivity index (χ2v) is 7.15. The Morgan fingerprint density at radius 3 is 2.57 bits per heavy atom. The lowest BCUT2D eigenvalue weighted by Crippen LogP contribution is -2.19. The van der Waals surface area contributed by atoms with Crippen molar-refractivity contribution in [3.63, 3.8) is 0 Å². The highest BCUT2D eigenvalue weighted by molar-refractivity contribution is 7.87. The van der Waals surface area contributed by atoms with Crippen molar-refractivity contribution in [1.82, 2.24) is 15.7 Å². The van der Waals surface area contributed by atoms with E-state index in [0.29, 0.717) is 5.56 Å². The second-order valence-electron chi connectivity index (χ2n) is 5.60. The molecule has 0 aliphatic rings. The molecule has 0 aliphatic carbocycles. The van der Waals surface area contributed by atoms with Gasteiger partial charge in [-0.25, -0.2) is 14.4 Å². The lowest BCUT2D eigenvalue weighted by atomic mass is 10.2. The van der Waals surface area contributed by atoms with Gasteiger partial charge in [0.05, 0.1) is 13.3 Å². The molecular formula is C17H14FN5O6S. The molecule has 156 valence electrons. The number of rotatable bonds is 7. The largest absolute Gasteiger partial charge is 0.493 e. The van der Waals surface area contributed by atoms with Crippen LogP contribution in [0.1, 0.15) is 16.1 Å². The monoisotopic (exact) mass is 435 g/mol. The maximum atomic E-state index is 13.0. The van der Waals surface area contributed by atoms with E-state index in [4.69, 9.17) is 14.7 Å². The number of amides is 1. The SMILES string of the molecule is COc1cc(C=NNC(=O)c2nonc2N)ccc1OS(=O)(=O)c1ccc(F)cc1.